The highest BCUT2D eigenvalue weighted by Gasteiger charge is 2.11. The van der Waals surface area contributed by atoms with Crippen molar-refractivity contribution < 1.29 is 5.11 Å². The first-order chi connectivity index (χ1) is 7.25. The van der Waals surface area contributed by atoms with Crippen molar-refractivity contribution in [2.45, 2.75) is 12.5 Å². The van der Waals surface area contributed by atoms with E-state index in [1.54, 1.807) is 18.3 Å². The third kappa shape index (κ3) is 2.29. The number of hydrogen-bond donors (Lipinski definition) is 3. The summed E-state index contributed by atoms with van der Waals surface area (Å²) in [6.07, 6.45) is 2.87. The van der Waals surface area contributed by atoms with E-state index in [1.807, 2.05) is 0 Å². The lowest BCUT2D eigenvalue weighted by Gasteiger charge is -2.06. The maximum Gasteiger partial charge on any atom is 0.123 e. The highest BCUT2D eigenvalue weighted by Crippen LogP contribution is 2.15. The van der Waals surface area contributed by atoms with Crippen LogP contribution in [0.3, 0.4) is 0 Å². The zero-order valence-electron chi connectivity index (χ0n) is 7.96. The second-order valence-electron chi connectivity index (χ2n) is 3.20. The van der Waals surface area contributed by atoms with Crippen LogP contribution < -0.4 is 5.73 Å². The highest BCUT2D eigenvalue weighted by molar-refractivity contribution is 5.32. The van der Waals surface area contributed by atoms with Crippen LogP contribution in [0.1, 0.15) is 17.4 Å². The third-order valence-corrected chi connectivity index (χ3v) is 2.05. The molecule has 4 N–H and O–H groups in total. The molecule has 0 aliphatic carbocycles. The molecule has 2 aromatic heterocycles. The summed E-state index contributed by atoms with van der Waals surface area (Å²) in [4.78, 5) is 3.87. The molecule has 15 heavy (non-hydrogen) atoms. The lowest BCUT2D eigenvalue weighted by Crippen LogP contribution is -2.03. The molecule has 2 rings (SSSR count). The summed E-state index contributed by atoms with van der Waals surface area (Å²) >= 11 is 0. The molecule has 0 spiro atoms. The zero-order valence-corrected chi connectivity index (χ0v) is 7.96. The van der Waals surface area contributed by atoms with Gasteiger partial charge in [-0.2, -0.15) is 15.4 Å². The fraction of sp³-hybridized carbons (Fsp3) is 0.222. The molecule has 0 saturated heterocycles. The van der Waals surface area contributed by atoms with Gasteiger partial charge in [-0.3, -0.25) is 0 Å². The Balaban J connectivity index is 2.09. The minimum atomic E-state index is -0.675. The van der Waals surface area contributed by atoms with Gasteiger partial charge in [0.2, 0.25) is 0 Å². The minimum Gasteiger partial charge on any atom is -0.386 e. The first-order valence-corrected chi connectivity index (χ1v) is 4.50. The number of anilines is 1. The van der Waals surface area contributed by atoms with Crippen LogP contribution in [0.2, 0.25) is 0 Å². The number of aromatic nitrogens is 4. The molecule has 0 aliphatic rings. The molecule has 78 valence electrons. The molecule has 6 nitrogen and oxygen atoms in total. The molecule has 6 heteroatoms. The third-order valence-electron chi connectivity index (χ3n) is 2.05. The lowest BCUT2D eigenvalue weighted by molar-refractivity contribution is 0.173. The molecule has 0 fully saturated rings. The minimum absolute atomic E-state index is 0.444. The molecule has 2 aromatic rings. The first kappa shape index (κ1) is 9.60. The van der Waals surface area contributed by atoms with Crippen LogP contribution in [0.4, 0.5) is 5.82 Å². The van der Waals surface area contributed by atoms with Crippen LogP contribution in [-0.4, -0.2) is 25.5 Å². The Hall–Kier alpha value is -1.95. The summed E-state index contributed by atoms with van der Waals surface area (Å²) in [5, 5.41) is 19.7. The van der Waals surface area contributed by atoms with E-state index in [2.05, 4.69) is 20.4 Å². The molecule has 0 radical (unpaired) electrons. The fourth-order valence-corrected chi connectivity index (χ4v) is 1.32. The Morgan fingerprint density at radius 2 is 2.40 bits per heavy atom. The quantitative estimate of drug-likeness (QED) is 0.657. The molecular formula is C9H11N5O. The molecular weight excluding hydrogens is 194 g/mol. The summed E-state index contributed by atoms with van der Waals surface area (Å²) in [6, 6.07) is 3.53. The van der Waals surface area contributed by atoms with Gasteiger partial charge in [-0.1, -0.05) is 0 Å². The number of nitrogens with one attached hydrogen (secondary N) is 1. The first-order valence-electron chi connectivity index (χ1n) is 4.50. The van der Waals surface area contributed by atoms with Gasteiger partial charge in [-0.25, -0.2) is 4.98 Å². The van der Waals surface area contributed by atoms with Gasteiger partial charge in [0, 0.05) is 12.6 Å². The number of hydrogen-bond acceptors (Lipinski definition) is 5. The van der Waals surface area contributed by atoms with E-state index in [4.69, 9.17) is 5.73 Å². The van der Waals surface area contributed by atoms with Crippen molar-refractivity contribution in [2.75, 3.05) is 5.73 Å². The Kier molecular flexibility index (Phi) is 2.59. The predicted octanol–water partition coefficient (Wildman–Crippen LogP) is 0.0580. The SMILES string of the molecule is Nc1cc(CC(O)c2cn[nH]n2)ccn1. The molecule has 2 heterocycles. The fourth-order valence-electron chi connectivity index (χ4n) is 1.32. The van der Waals surface area contributed by atoms with E-state index >= 15 is 0 Å². The van der Waals surface area contributed by atoms with E-state index in [-0.39, 0.29) is 0 Å². The number of pyridine rings is 1. The smallest absolute Gasteiger partial charge is 0.123 e. The average molecular weight is 205 g/mol. The van der Waals surface area contributed by atoms with Crippen LogP contribution in [0.25, 0.3) is 0 Å². The van der Waals surface area contributed by atoms with Gasteiger partial charge < -0.3 is 10.8 Å². The second kappa shape index (κ2) is 4.05. The van der Waals surface area contributed by atoms with E-state index in [9.17, 15) is 5.11 Å². The summed E-state index contributed by atoms with van der Waals surface area (Å²) in [6.45, 7) is 0. The van der Waals surface area contributed by atoms with Gasteiger partial charge in [0.1, 0.15) is 17.6 Å². The van der Waals surface area contributed by atoms with Crippen LogP contribution in [0.5, 0.6) is 0 Å². The van der Waals surface area contributed by atoms with Gasteiger partial charge in [0.15, 0.2) is 0 Å². The molecule has 0 aliphatic heterocycles. The monoisotopic (exact) mass is 205 g/mol. The van der Waals surface area contributed by atoms with Gasteiger partial charge in [0.05, 0.1) is 6.20 Å². The zero-order chi connectivity index (χ0) is 10.7. The molecule has 0 saturated carbocycles. The maximum atomic E-state index is 9.77. The molecule has 1 atom stereocenters. The van der Waals surface area contributed by atoms with Crippen molar-refractivity contribution in [3.8, 4) is 0 Å². The van der Waals surface area contributed by atoms with Gasteiger partial charge in [-0.05, 0) is 17.7 Å². The molecule has 0 bridgehead atoms. The van der Waals surface area contributed by atoms with Crippen molar-refractivity contribution in [1.29, 1.82) is 0 Å². The number of nitrogens with two attached hydrogens (primary N) is 1. The number of H-pyrrole nitrogens is 1. The van der Waals surface area contributed by atoms with Crippen molar-refractivity contribution in [3.05, 3.63) is 35.8 Å². The summed E-state index contributed by atoms with van der Waals surface area (Å²) in [7, 11) is 0. The maximum absolute atomic E-state index is 9.77. The normalized spacial score (nSPS) is 12.6. The van der Waals surface area contributed by atoms with E-state index < -0.39 is 6.10 Å². The second-order valence-corrected chi connectivity index (χ2v) is 3.20. The van der Waals surface area contributed by atoms with E-state index in [0.717, 1.165) is 5.56 Å². The van der Waals surface area contributed by atoms with Gasteiger partial charge >= 0.3 is 0 Å². The van der Waals surface area contributed by atoms with Gasteiger partial charge in [0.25, 0.3) is 0 Å². The number of aliphatic hydroxyl groups is 1. The number of aliphatic hydroxyl groups excluding tert-OH is 1. The molecule has 0 amide bonds. The molecule has 0 aromatic carbocycles. The van der Waals surface area contributed by atoms with Crippen LogP contribution >= 0.6 is 0 Å². The topological polar surface area (TPSA) is 101 Å². The Morgan fingerprint density at radius 1 is 1.53 bits per heavy atom. The van der Waals surface area contributed by atoms with Crippen molar-refractivity contribution in [3.63, 3.8) is 0 Å². The van der Waals surface area contributed by atoms with E-state index in [1.165, 1.54) is 6.20 Å². The van der Waals surface area contributed by atoms with E-state index in [0.29, 0.717) is 17.9 Å². The Bertz CT molecular complexity index is 428. The number of nitrogen functional groups attached to an aromatic ring is 1. The van der Waals surface area contributed by atoms with Crippen LogP contribution in [0, 0.1) is 0 Å². The number of aromatic amines is 1. The lowest BCUT2D eigenvalue weighted by atomic mass is 10.1. The summed E-state index contributed by atoms with van der Waals surface area (Å²) < 4.78 is 0. The Labute approximate surface area is 86.2 Å². The standard InChI is InChI=1S/C9H11N5O/c10-9-4-6(1-2-11-9)3-8(15)7-5-12-14-13-7/h1-2,4-5,8,15H,3H2,(H2,10,11)(H,12,13,14). The summed E-state index contributed by atoms with van der Waals surface area (Å²) in [5.41, 5.74) is 6.96. The van der Waals surface area contributed by atoms with Crippen molar-refractivity contribution >= 4 is 5.82 Å². The molecule has 1 unspecified atom stereocenters. The summed E-state index contributed by atoms with van der Waals surface area (Å²) in [5.74, 6) is 0.444. The van der Waals surface area contributed by atoms with Crippen LogP contribution in [-0.2, 0) is 6.42 Å². The number of rotatable bonds is 3. The number of nitrogens with zero attached hydrogens (tertiary/aromatic N) is 3. The largest absolute Gasteiger partial charge is 0.386 e. The van der Waals surface area contributed by atoms with Gasteiger partial charge in [-0.15, -0.1) is 0 Å². The van der Waals surface area contributed by atoms with Crippen molar-refractivity contribution in [2.24, 2.45) is 0 Å². The van der Waals surface area contributed by atoms with Crippen molar-refractivity contribution in [1.82, 2.24) is 20.4 Å². The average Bonchev–Trinajstić information content (AvgIpc) is 2.70. The highest BCUT2D eigenvalue weighted by atomic mass is 16.3. The Morgan fingerprint density at radius 3 is 3.07 bits per heavy atom. The predicted molar refractivity (Wildman–Crippen MR) is 53.7 cm³/mol. The van der Waals surface area contributed by atoms with Crippen LogP contribution in [0.15, 0.2) is 24.5 Å².